The fraction of sp³-hybridized carbons (Fsp3) is 0.500. The minimum atomic E-state index is -0.267. The normalized spacial score (nSPS) is 25.0. The largest absolute Gasteiger partial charge is 0.369 e. The highest BCUT2D eigenvalue weighted by atomic mass is 79.9. The van der Waals surface area contributed by atoms with Crippen molar-refractivity contribution in [1.82, 2.24) is 19.7 Å². The molecule has 1 saturated carbocycles. The molecule has 4 rings (SSSR count). The molecule has 9 heteroatoms. The number of carbonyl (C=O) groups excluding carboxylic acids is 1. The van der Waals surface area contributed by atoms with Crippen molar-refractivity contribution in [3.05, 3.63) is 35.2 Å². The number of fused-ring (bicyclic) bond motifs is 2. The summed E-state index contributed by atoms with van der Waals surface area (Å²) in [5, 5.41) is 11.0. The minimum Gasteiger partial charge on any atom is -0.369 e. The monoisotopic (exact) mass is 459 g/mol. The van der Waals surface area contributed by atoms with Gasteiger partial charge in [0.1, 0.15) is 5.82 Å². The van der Waals surface area contributed by atoms with Gasteiger partial charge in [0.05, 0.1) is 22.3 Å². The molecule has 29 heavy (non-hydrogen) atoms. The van der Waals surface area contributed by atoms with E-state index in [2.05, 4.69) is 67.6 Å². The van der Waals surface area contributed by atoms with E-state index in [-0.39, 0.29) is 29.7 Å². The second-order valence-corrected chi connectivity index (χ2v) is 9.09. The van der Waals surface area contributed by atoms with Crippen LogP contribution in [0, 0.1) is 23.7 Å². The number of aryl methyl sites for hydroxylation is 1. The van der Waals surface area contributed by atoms with Gasteiger partial charge < -0.3 is 16.4 Å². The molecule has 2 bridgehead atoms. The van der Waals surface area contributed by atoms with E-state index in [0.29, 0.717) is 17.7 Å². The summed E-state index contributed by atoms with van der Waals surface area (Å²) >= 11 is 3.51. The quantitative estimate of drug-likeness (QED) is 0.522. The van der Waals surface area contributed by atoms with E-state index in [4.69, 9.17) is 5.73 Å². The van der Waals surface area contributed by atoms with Gasteiger partial charge in [-0.1, -0.05) is 26.0 Å². The van der Waals surface area contributed by atoms with E-state index in [1.54, 1.807) is 12.4 Å². The van der Waals surface area contributed by atoms with Crippen LogP contribution in [0.1, 0.15) is 26.7 Å². The molecular weight excluding hydrogens is 434 g/mol. The number of nitrogens with two attached hydrogens (primary N) is 1. The Morgan fingerprint density at radius 2 is 2.14 bits per heavy atom. The fourth-order valence-electron chi connectivity index (χ4n) is 4.16. The molecular formula is C20H26BrN7O. The van der Waals surface area contributed by atoms with Crippen molar-refractivity contribution >= 4 is 39.3 Å². The Balaban J connectivity index is 1.47. The van der Waals surface area contributed by atoms with Gasteiger partial charge in [-0.15, -0.1) is 0 Å². The van der Waals surface area contributed by atoms with Crippen LogP contribution in [0.3, 0.4) is 0 Å². The second kappa shape index (κ2) is 8.14. The van der Waals surface area contributed by atoms with Crippen molar-refractivity contribution in [2.24, 2.45) is 29.4 Å². The van der Waals surface area contributed by atoms with E-state index in [0.717, 1.165) is 29.5 Å². The van der Waals surface area contributed by atoms with E-state index in [9.17, 15) is 4.79 Å². The molecule has 0 saturated heterocycles. The van der Waals surface area contributed by atoms with Gasteiger partial charge in [0.15, 0.2) is 0 Å². The number of amides is 1. The first kappa shape index (κ1) is 19.9. The number of allylic oxidation sites excluding steroid dienone is 1. The number of halogens is 1. The number of carbonyl (C=O) groups is 1. The first-order valence-electron chi connectivity index (χ1n) is 9.97. The van der Waals surface area contributed by atoms with Crippen molar-refractivity contribution in [3.8, 4) is 0 Å². The Labute approximate surface area is 178 Å². The lowest BCUT2D eigenvalue weighted by atomic mass is 9.88. The maximum absolute atomic E-state index is 12.0. The molecule has 2 heterocycles. The number of anilines is 3. The minimum absolute atomic E-state index is 0.0552. The average Bonchev–Trinajstić information content (AvgIpc) is 3.39. The molecule has 2 aromatic rings. The van der Waals surface area contributed by atoms with Gasteiger partial charge in [-0.2, -0.15) is 10.1 Å². The Kier molecular flexibility index (Phi) is 5.58. The first-order chi connectivity index (χ1) is 13.9. The number of nitrogens with zero attached hydrogens (tertiary/aromatic N) is 4. The molecule has 4 atom stereocenters. The molecule has 2 aliphatic rings. The highest BCUT2D eigenvalue weighted by Gasteiger charge is 2.47. The van der Waals surface area contributed by atoms with Crippen LogP contribution in [0.5, 0.6) is 0 Å². The molecule has 0 spiro atoms. The zero-order chi connectivity index (χ0) is 20.5. The molecule has 1 fully saturated rings. The molecule has 154 valence electrons. The smallest absolute Gasteiger partial charge is 0.229 e. The lowest BCUT2D eigenvalue weighted by Crippen LogP contribution is -2.41. The van der Waals surface area contributed by atoms with Gasteiger partial charge in [-0.05, 0) is 46.5 Å². The van der Waals surface area contributed by atoms with Crippen LogP contribution in [0.25, 0.3) is 0 Å². The van der Waals surface area contributed by atoms with Crippen molar-refractivity contribution in [2.75, 3.05) is 10.6 Å². The highest BCUT2D eigenvalue weighted by molar-refractivity contribution is 9.10. The maximum atomic E-state index is 12.0. The number of hydrogen-bond acceptors (Lipinski definition) is 6. The van der Waals surface area contributed by atoms with E-state index in [1.165, 1.54) is 0 Å². The summed E-state index contributed by atoms with van der Waals surface area (Å²) in [6, 6.07) is -0.0552. The third-order valence-corrected chi connectivity index (χ3v) is 6.24. The lowest BCUT2D eigenvalue weighted by molar-refractivity contribution is -0.122. The first-order valence-corrected chi connectivity index (χ1v) is 10.8. The zero-order valence-corrected chi connectivity index (χ0v) is 18.1. The highest BCUT2D eigenvalue weighted by Crippen LogP contribution is 2.45. The van der Waals surface area contributed by atoms with Gasteiger partial charge in [-0.25, -0.2) is 4.98 Å². The van der Waals surface area contributed by atoms with Crippen LogP contribution < -0.4 is 16.4 Å². The lowest BCUT2D eigenvalue weighted by Gasteiger charge is -2.27. The van der Waals surface area contributed by atoms with Crippen LogP contribution in [0.2, 0.25) is 0 Å². The number of hydrogen-bond donors (Lipinski definition) is 3. The summed E-state index contributed by atoms with van der Waals surface area (Å²) in [5.41, 5.74) is 6.50. The van der Waals surface area contributed by atoms with Gasteiger partial charge in [-0.3, -0.25) is 9.48 Å². The summed E-state index contributed by atoms with van der Waals surface area (Å²) in [6.45, 7) is 5.27. The number of nitrogens with one attached hydrogen (secondary N) is 2. The zero-order valence-electron chi connectivity index (χ0n) is 16.5. The molecule has 2 aromatic heterocycles. The van der Waals surface area contributed by atoms with Crippen LogP contribution in [0.15, 0.2) is 35.2 Å². The van der Waals surface area contributed by atoms with Crippen LogP contribution in [-0.2, 0) is 11.3 Å². The molecule has 4 N–H and O–H groups in total. The summed E-state index contributed by atoms with van der Waals surface area (Å²) < 4.78 is 2.66. The van der Waals surface area contributed by atoms with Crippen LogP contribution in [-0.4, -0.2) is 31.7 Å². The van der Waals surface area contributed by atoms with Crippen LogP contribution >= 0.6 is 15.9 Å². The fourth-order valence-corrected chi connectivity index (χ4v) is 4.47. The number of rotatable bonds is 8. The molecule has 0 radical (unpaired) electrons. The van der Waals surface area contributed by atoms with E-state index >= 15 is 0 Å². The Bertz CT molecular complexity index is 925. The van der Waals surface area contributed by atoms with Gasteiger partial charge in [0.2, 0.25) is 11.9 Å². The third-order valence-electron chi connectivity index (χ3n) is 5.66. The van der Waals surface area contributed by atoms with Crippen molar-refractivity contribution in [3.63, 3.8) is 0 Å². The predicted octanol–water partition coefficient (Wildman–Crippen LogP) is 3.31. The third kappa shape index (κ3) is 4.29. The number of aromatic nitrogens is 4. The Morgan fingerprint density at radius 1 is 1.34 bits per heavy atom. The second-order valence-electron chi connectivity index (χ2n) is 8.24. The number of primary amides is 1. The summed E-state index contributed by atoms with van der Waals surface area (Å²) in [5.74, 6) is 1.75. The van der Waals surface area contributed by atoms with Crippen molar-refractivity contribution in [2.45, 2.75) is 39.3 Å². The molecule has 0 unspecified atom stereocenters. The molecule has 8 nitrogen and oxygen atoms in total. The standard InChI is InChI=1S/C20H26BrN7O/c1-11(2)5-6-28-10-14(8-24-28)25-20-23-9-15(21)19(27-20)26-17-13-4-3-12(7-13)16(17)18(22)29/h3-4,8-13,16-17H,5-7H2,1-2H3,(H2,22,29)(H2,23,25,26,27)/t12-,13+,16+,17-/m1/s1. The summed E-state index contributed by atoms with van der Waals surface area (Å²) in [4.78, 5) is 20.9. The van der Waals surface area contributed by atoms with Gasteiger partial charge >= 0.3 is 0 Å². The molecule has 0 aromatic carbocycles. The van der Waals surface area contributed by atoms with Gasteiger partial charge in [0, 0.05) is 25.0 Å². The maximum Gasteiger partial charge on any atom is 0.229 e. The SMILES string of the molecule is CC(C)CCn1cc(Nc2ncc(Br)c(N[C@H]3[C@@H](C(N)=O)[C@@H]4C=C[C@H]3C4)n2)cn1. The molecule has 1 amide bonds. The molecule has 0 aliphatic heterocycles. The summed E-state index contributed by atoms with van der Waals surface area (Å²) in [7, 11) is 0. The average molecular weight is 460 g/mol. The van der Waals surface area contributed by atoms with E-state index < -0.39 is 0 Å². The van der Waals surface area contributed by atoms with Crippen LogP contribution in [0.4, 0.5) is 17.5 Å². The summed E-state index contributed by atoms with van der Waals surface area (Å²) in [6.07, 6.45) is 11.7. The predicted molar refractivity (Wildman–Crippen MR) is 116 cm³/mol. The topological polar surface area (TPSA) is 111 Å². The Hall–Kier alpha value is -2.42. The van der Waals surface area contributed by atoms with Crippen molar-refractivity contribution in [1.29, 1.82) is 0 Å². The van der Waals surface area contributed by atoms with Gasteiger partial charge in [0.25, 0.3) is 0 Å². The molecule has 2 aliphatic carbocycles. The Morgan fingerprint density at radius 3 is 2.90 bits per heavy atom. The van der Waals surface area contributed by atoms with E-state index in [1.807, 2.05) is 10.9 Å². The van der Waals surface area contributed by atoms with Crippen molar-refractivity contribution < 1.29 is 4.79 Å².